The van der Waals surface area contributed by atoms with Crippen molar-refractivity contribution in [2.75, 3.05) is 13.2 Å². The minimum atomic E-state index is -0.773. The Morgan fingerprint density at radius 2 is 1.80 bits per heavy atom. The van der Waals surface area contributed by atoms with E-state index in [1.54, 1.807) is 0 Å². The fourth-order valence-corrected chi connectivity index (χ4v) is 0.832. The van der Waals surface area contributed by atoms with Crippen molar-refractivity contribution in [1.82, 2.24) is 0 Å². The van der Waals surface area contributed by atoms with Crippen molar-refractivity contribution in [1.29, 1.82) is 0 Å². The molecular formula is C9H14Cl2O4. The first-order chi connectivity index (χ1) is 7.06. The number of hydrogen-bond donors (Lipinski definition) is 0. The Hall–Kier alpha value is -0.480. The summed E-state index contributed by atoms with van der Waals surface area (Å²) in [6, 6.07) is 0. The third kappa shape index (κ3) is 9.82. The molecule has 0 bridgehead atoms. The highest BCUT2D eigenvalue weighted by molar-refractivity contribution is 6.44. The molecular weight excluding hydrogens is 243 g/mol. The molecule has 0 aliphatic carbocycles. The minimum Gasteiger partial charge on any atom is -0.465 e. The van der Waals surface area contributed by atoms with Crippen molar-refractivity contribution >= 4 is 35.1 Å². The van der Waals surface area contributed by atoms with Crippen molar-refractivity contribution in [3.63, 3.8) is 0 Å². The Morgan fingerprint density at radius 3 is 2.33 bits per heavy atom. The van der Waals surface area contributed by atoms with Crippen LogP contribution in [0.1, 0.15) is 26.2 Å². The van der Waals surface area contributed by atoms with Gasteiger partial charge in [-0.05, 0) is 6.42 Å². The van der Waals surface area contributed by atoms with Crippen LogP contribution in [0.15, 0.2) is 0 Å². The Labute approximate surface area is 98.8 Å². The Bertz CT molecular complexity index is 206. The van der Waals surface area contributed by atoms with Gasteiger partial charge in [0.15, 0.2) is 0 Å². The van der Waals surface area contributed by atoms with Crippen LogP contribution in [0.4, 0.5) is 0 Å². The Morgan fingerprint density at radius 1 is 1.20 bits per heavy atom. The van der Waals surface area contributed by atoms with E-state index in [2.05, 4.69) is 4.74 Å². The molecule has 15 heavy (non-hydrogen) atoms. The normalized spacial score (nSPS) is 10.1. The predicted octanol–water partition coefficient (Wildman–Crippen LogP) is 2.07. The molecule has 0 saturated carbocycles. The Balaban J connectivity index is 3.53. The molecule has 0 aromatic rings. The maximum Gasteiger partial charge on any atom is 0.317 e. The number of carbonyl (C=O) groups is 2. The summed E-state index contributed by atoms with van der Waals surface area (Å²) in [5.41, 5.74) is 0. The lowest BCUT2D eigenvalue weighted by Gasteiger charge is -2.05. The first-order valence-corrected chi connectivity index (χ1v) is 5.53. The highest BCUT2D eigenvalue weighted by Crippen LogP contribution is 2.02. The van der Waals surface area contributed by atoms with Crippen LogP contribution < -0.4 is 0 Å². The first kappa shape index (κ1) is 14.5. The summed E-state index contributed by atoms with van der Waals surface area (Å²) in [6.07, 6.45) is 1.31. The molecule has 6 heteroatoms. The highest BCUT2D eigenvalue weighted by atomic mass is 35.5. The molecule has 88 valence electrons. The minimum absolute atomic E-state index is 0.121. The predicted molar refractivity (Wildman–Crippen MR) is 56.9 cm³/mol. The molecule has 0 rings (SSSR count). The second kappa shape index (κ2) is 8.80. The van der Waals surface area contributed by atoms with Crippen molar-refractivity contribution in [3.8, 4) is 0 Å². The molecule has 0 heterocycles. The van der Waals surface area contributed by atoms with Gasteiger partial charge in [-0.1, -0.05) is 13.3 Å². The lowest BCUT2D eigenvalue weighted by atomic mass is 10.3. The van der Waals surface area contributed by atoms with Gasteiger partial charge in [-0.15, -0.1) is 23.2 Å². The molecule has 0 N–H and O–H groups in total. The maximum absolute atomic E-state index is 11.0. The average molecular weight is 257 g/mol. The monoisotopic (exact) mass is 256 g/mol. The van der Waals surface area contributed by atoms with Crippen molar-refractivity contribution < 1.29 is 19.1 Å². The average Bonchev–Trinajstić information content (AvgIpc) is 2.15. The fraction of sp³-hybridized carbons (Fsp3) is 0.778. The smallest absolute Gasteiger partial charge is 0.317 e. The summed E-state index contributed by atoms with van der Waals surface area (Å²) in [5, 5.41) is 0. The zero-order chi connectivity index (χ0) is 11.7. The van der Waals surface area contributed by atoms with Crippen LogP contribution in [-0.2, 0) is 19.1 Å². The molecule has 0 aliphatic rings. The van der Waals surface area contributed by atoms with Crippen LogP contribution in [0.2, 0.25) is 0 Å². The van der Waals surface area contributed by atoms with E-state index in [4.69, 9.17) is 27.9 Å². The zero-order valence-corrected chi connectivity index (χ0v) is 10.0. The zero-order valence-electron chi connectivity index (χ0n) is 8.50. The first-order valence-electron chi connectivity index (χ1n) is 4.65. The number of hydrogen-bond acceptors (Lipinski definition) is 4. The lowest BCUT2D eigenvalue weighted by molar-refractivity contribution is -0.154. The van der Waals surface area contributed by atoms with E-state index >= 15 is 0 Å². The summed E-state index contributed by atoms with van der Waals surface area (Å²) in [7, 11) is 0. The van der Waals surface area contributed by atoms with Gasteiger partial charge in [0.25, 0.3) is 0 Å². The number of esters is 2. The molecule has 0 amide bonds. The second-order valence-corrected chi connectivity index (χ2v) is 4.10. The van der Waals surface area contributed by atoms with Crippen LogP contribution in [0.3, 0.4) is 0 Å². The third-order valence-electron chi connectivity index (χ3n) is 1.42. The van der Waals surface area contributed by atoms with E-state index in [0.29, 0.717) is 6.61 Å². The standard InChI is InChI=1S/C9H14Cl2O4/c1-2-3-4-14-8(12)5-9(13)15-6-7(10)11/h7H,2-6H2,1H3. The van der Waals surface area contributed by atoms with Crippen molar-refractivity contribution in [3.05, 3.63) is 0 Å². The number of ether oxygens (including phenoxy) is 2. The largest absolute Gasteiger partial charge is 0.465 e. The molecule has 0 radical (unpaired) electrons. The highest BCUT2D eigenvalue weighted by Gasteiger charge is 2.12. The van der Waals surface area contributed by atoms with E-state index in [0.717, 1.165) is 12.8 Å². The third-order valence-corrected chi connectivity index (χ3v) is 1.67. The van der Waals surface area contributed by atoms with Gasteiger partial charge in [0.05, 0.1) is 6.61 Å². The lowest BCUT2D eigenvalue weighted by Crippen LogP contribution is -2.16. The topological polar surface area (TPSA) is 52.6 Å². The second-order valence-electron chi connectivity index (χ2n) is 2.82. The molecule has 0 saturated heterocycles. The van der Waals surface area contributed by atoms with Crippen molar-refractivity contribution in [2.45, 2.75) is 31.0 Å². The fourth-order valence-electron chi connectivity index (χ4n) is 0.706. The molecule has 0 aromatic heterocycles. The van der Waals surface area contributed by atoms with Gasteiger partial charge in [0.1, 0.15) is 17.9 Å². The van der Waals surface area contributed by atoms with Gasteiger partial charge in [0, 0.05) is 0 Å². The van der Waals surface area contributed by atoms with Gasteiger partial charge in [-0.2, -0.15) is 0 Å². The van der Waals surface area contributed by atoms with Crippen LogP contribution in [-0.4, -0.2) is 30.0 Å². The van der Waals surface area contributed by atoms with Crippen molar-refractivity contribution in [2.24, 2.45) is 0 Å². The van der Waals surface area contributed by atoms with Crippen LogP contribution in [0.25, 0.3) is 0 Å². The van der Waals surface area contributed by atoms with Crippen LogP contribution in [0.5, 0.6) is 0 Å². The molecule has 0 spiro atoms. The molecule has 4 nitrogen and oxygen atoms in total. The van der Waals surface area contributed by atoms with Crippen LogP contribution in [0, 0.1) is 0 Å². The Kier molecular flexibility index (Phi) is 8.52. The number of unbranched alkanes of at least 4 members (excludes halogenated alkanes) is 1. The van der Waals surface area contributed by atoms with E-state index in [-0.39, 0.29) is 6.61 Å². The number of carbonyl (C=O) groups excluding carboxylic acids is 2. The van der Waals surface area contributed by atoms with Crippen LogP contribution >= 0.6 is 23.2 Å². The summed E-state index contributed by atoms with van der Waals surface area (Å²) in [4.78, 5) is 21.2. The summed E-state index contributed by atoms with van der Waals surface area (Å²) in [5.74, 6) is -1.27. The maximum atomic E-state index is 11.0. The molecule has 0 aromatic carbocycles. The molecule has 0 unspecified atom stereocenters. The molecule has 0 atom stereocenters. The molecule has 0 aliphatic heterocycles. The SMILES string of the molecule is CCCCOC(=O)CC(=O)OCC(Cl)Cl. The van der Waals surface area contributed by atoms with E-state index in [1.165, 1.54) is 0 Å². The number of alkyl halides is 2. The number of rotatable bonds is 7. The quantitative estimate of drug-likeness (QED) is 0.303. The van der Waals surface area contributed by atoms with E-state index < -0.39 is 23.2 Å². The van der Waals surface area contributed by atoms with Gasteiger partial charge >= 0.3 is 11.9 Å². The van der Waals surface area contributed by atoms with Gasteiger partial charge in [-0.3, -0.25) is 9.59 Å². The van der Waals surface area contributed by atoms with Gasteiger partial charge in [-0.25, -0.2) is 0 Å². The van der Waals surface area contributed by atoms with E-state index in [1.807, 2.05) is 6.92 Å². The summed E-state index contributed by atoms with van der Waals surface area (Å²) < 4.78 is 9.33. The van der Waals surface area contributed by atoms with E-state index in [9.17, 15) is 9.59 Å². The van der Waals surface area contributed by atoms with Gasteiger partial charge in [0.2, 0.25) is 0 Å². The summed E-state index contributed by atoms with van der Waals surface area (Å²) in [6.45, 7) is 2.18. The van der Waals surface area contributed by atoms with Gasteiger partial charge < -0.3 is 9.47 Å². The number of halogens is 2. The molecule has 0 fully saturated rings. The summed E-state index contributed by atoms with van der Waals surface area (Å²) >= 11 is 10.7.